The van der Waals surface area contributed by atoms with Gasteiger partial charge in [0.2, 0.25) is 18.2 Å². The van der Waals surface area contributed by atoms with E-state index in [1.807, 2.05) is 6.07 Å². The number of benzene rings is 1. The molecule has 11 heteroatoms. The van der Waals surface area contributed by atoms with Gasteiger partial charge in [-0.15, -0.1) is 11.8 Å². The molecule has 1 aromatic carbocycles. The first kappa shape index (κ1) is 31.7. The largest absolute Gasteiger partial charge is 0.378 e. The fraction of sp³-hybridized carbons (Fsp3) is 0.633. The number of ether oxygens (including phenoxy) is 4. The van der Waals surface area contributed by atoms with E-state index in [0.29, 0.717) is 18.7 Å². The Morgan fingerprint density at radius 2 is 1.98 bits per heavy atom. The van der Waals surface area contributed by atoms with Gasteiger partial charge in [-0.1, -0.05) is 17.7 Å². The molecule has 1 aliphatic carbocycles. The number of Topliss-reactive ketones (excluding diaryl/α,β-unsaturated/α-hetero) is 1. The molecule has 1 aromatic rings. The number of amides is 2. The van der Waals surface area contributed by atoms with Crippen molar-refractivity contribution >= 4 is 35.0 Å². The van der Waals surface area contributed by atoms with Crippen LogP contribution in [0.4, 0.5) is 5.69 Å². The maximum absolute atomic E-state index is 12.6. The average Bonchev–Trinajstić information content (AvgIpc) is 3.83. The number of nitrogens with one attached hydrogen (secondary N) is 2. The number of aliphatic hydroxyl groups is 1. The van der Waals surface area contributed by atoms with Crippen molar-refractivity contribution in [2.24, 2.45) is 5.92 Å². The molecule has 0 aromatic heterocycles. The van der Waals surface area contributed by atoms with E-state index in [0.717, 1.165) is 17.7 Å². The summed E-state index contributed by atoms with van der Waals surface area (Å²) in [4.78, 5) is 36.5. The summed E-state index contributed by atoms with van der Waals surface area (Å²) in [5, 5.41) is 15.9. The van der Waals surface area contributed by atoms with E-state index < -0.39 is 24.0 Å². The first-order chi connectivity index (χ1) is 19.5. The topological polar surface area (TPSA) is 139 Å². The van der Waals surface area contributed by atoms with E-state index in [2.05, 4.69) is 37.5 Å². The Morgan fingerprint density at radius 1 is 1.22 bits per heavy atom. The van der Waals surface area contributed by atoms with Gasteiger partial charge in [-0.25, -0.2) is 0 Å². The molecule has 1 spiro atoms. The number of thioether (sulfide) groups is 1. The van der Waals surface area contributed by atoms with Crippen LogP contribution in [0.25, 0.3) is 0 Å². The number of ketones is 1. The van der Waals surface area contributed by atoms with E-state index in [-0.39, 0.29) is 54.0 Å². The van der Waals surface area contributed by atoms with E-state index >= 15 is 0 Å². The highest BCUT2D eigenvalue weighted by molar-refractivity contribution is 8.00. The summed E-state index contributed by atoms with van der Waals surface area (Å²) in [7, 11) is 1.63. The van der Waals surface area contributed by atoms with Crippen molar-refractivity contribution in [2.45, 2.75) is 101 Å². The van der Waals surface area contributed by atoms with Crippen LogP contribution in [-0.2, 0) is 33.3 Å². The molecule has 2 amide bonds. The normalized spacial score (nSPS) is 30.8. The number of hydrogen-bond donors (Lipinski definition) is 3. The second-order valence-electron chi connectivity index (χ2n) is 11.5. The minimum Gasteiger partial charge on any atom is -0.378 e. The number of carbonyl (C=O) groups excluding carboxylic acids is 3. The van der Waals surface area contributed by atoms with Gasteiger partial charge in [0.1, 0.15) is 11.4 Å². The number of hydrogen-bond acceptors (Lipinski definition) is 9. The summed E-state index contributed by atoms with van der Waals surface area (Å²) in [6, 6.07) is 7.09. The predicted molar refractivity (Wildman–Crippen MR) is 154 cm³/mol. The molecule has 2 saturated heterocycles. The molecule has 2 heterocycles. The van der Waals surface area contributed by atoms with Crippen LogP contribution in [0.5, 0.6) is 0 Å². The summed E-state index contributed by atoms with van der Waals surface area (Å²) in [6.45, 7) is 8.33. The molecule has 4 rings (SSSR count). The average molecular weight is 591 g/mol. The van der Waals surface area contributed by atoms with Gasteiger partial charge in [-0.3, -0.25) is 9.59 Å². The SMILES string of the molecule is CO[C@@H]1[C@H](OC(O)NC(=O)CSc2cccc(NC(=O)CCC(C)=O)c2)CC[C@]2(CO2)[C@H]1[C@@]1(C)O[C@@H]1CC=C(C)C. The van der Waals surface area contributed by atoms with Gasteiger partial charge in [0.25, 0.3) is 0 Å². The lowest BCUT2D eigenvalue weighted by Gasteiger charge is -2.43. The lowest BCUT2D eigenvalue weighted by Crippen LogP contribution is -2.56. The number of rotatable bonds is 14. The monoisotopic (exact) mass is 590 g/mol. The van der Waals surface area contributed by atoms with Gasteiger partial charge in [0, 0.05) is 30.5 Å². The third-order valence-corrected chi connectivity index (χ3v) is 9.01. The molecule has 0 radical (unpaired) electrons. The van der Waals surface area contributed by atoms with Crippen molar-refractivity contribution < 1.29 is 38.4 Å². The Bertz CT molecular complexity index is 1150. The van der Waals surface area contributed by atoms with Crippen molar-refractivity contribution in [2.75, 3.05) is 24.8 Å². The lowest BCUT2D eigenvalue weighted by atomic mass is 9.68. The summed E-state index contributed by atoms with van der Waals surface area (Å²) in [5.41, 5.74) is 1.10. The highest BCUT2D eigenvalue weighted by Gasteiger charge is 2.72. The molecule has 7 atom stereocenters. The van der Waals surface area contributed by atoms with E-state index in [1.54, 1.807) is 25.3 Å². The smallest absolute Gasteiger partial charge is 0.237 e. The number of aliphatic hydroxyl groups excluding tert-OH is 1. The molecule has 0 bridgehead atoms. The fourth-order valence-electron chi connectivity index (χ4n) is 5.79. The molecular formula is C30H42N2O8S. The zero-order valence-electron chi connectivity index (χ0n) is 24.4. The summed E-state index contributed by atoms with van der Waals surface area (Å²) in [5.74, 6) is -0.718. The third-order valence-electron chi connectivity index (χ3n) is 8.02. The van der Waals surface area contributed by atoms with E-state index in [1.165, 1.54) is 24.3 Å². The molecule has 3 aliphatic rings. The zero-order chi connectivity index (χ0) is 29.8. The minimum absolute atomic E-state index is 0.0397. The summed E-state index contributed by atoms with van der Waals surface area (Å²) in [6.07, 6.45) is 2.43. The Hall–Kier alpha value is -2.28. The number of methoxy groups -OCH3 is 1. The second-order valence-corrected chi connectivity index (χ2v) is 12.6. The Labute approximate surface area is 245 Å². The Kier molecular flexibility index (Phi) is 10.3. The van der Waals surface area contributed by atoms with Crippen molar-refractivity contribution in [3.63, 3.8) is 0 Å². The van der Waals surface area contributed by atoms with Crippen LogP contribution in [0, 0.1) is 5.92 Å². The quantitative estimate of drug-likeness (QED) is 0.128. The predicted octanol–water partition coefficient (Wildman–Crippen LogP) is 3.57. The number of allylic oxidation sites excluding steroid dienone is 1. The maximum Gasteiger partial charge on any atom is 0.237 e. The first-order valence-corrected chi connectivity index (χ1v) is 15.1. The highest BCUT2D eigenvalue weighted by atomic mass is 32.2. The molecule has 2 aliphatic heterocycles. The van der Waals surface area contributed by atoms with Gasteiger partial charge in [-0.05, 0) is 65.2 Å². The van der Waals surface area contributed by atoms with Gasteiger partial charge in [-0.2, -0.15) is 0 Å². The van der Waals surface area contributed by atoms with Crippen LogP contribution in [0.15, 0.2) is 40.8 Å². The minimum atomic E-state index is -1.50. The van der Waals surface area contributed by atoms with Gasteiger partial charge >= 0.3 is 0 Å². The molecule has 226 valence electrons. The maximum atomic E-state index is 12.6. The molecule has 3 N–H and O–H groups in total. The van der Waals surface area contributed by atoms with Crippen LogP contribution < -0.4 is 10.6 Å². The number of epoxide rings is 2. The summed E-state index contributed by atoms with van der Waals surface area (Å²) < 4.78 is 24.0. The van der Waals surface area contributed by atoms with Gasteiger partial charge in [0.05, 0.1) is 42.2 Å². The van der Waals surface area contributed by atoms with Crippen LogP contribution >= 0.6 is 11.8 Å². The highest BCUT2D eigenvalue weighted by Crippen LogP contribution is 2.59. The van der Waals surface area contributed by atoms with Crippen molar-refractivity contribution in [1.29, 1.82) is 0 Å². The molecular weight excluding hydrogens is 548 g/mol. The first-order valence-electron chi connectivity index (χ1n) is 14.1. The second kappa shape index (κ2) is 13.4. The summed E-state index contributed by atoms with van der Waals surface area (Å²) >= 11 is 1.26. The van der Waals surface area contributed by atoms with E-state index in [4.69, 9.17) is 18.9 Å². The molecule has 3 fully saturated rings. The van der Waals surface area contributed by atoms with Crippen LogP contribution in [0.2, 0.25) is 0 Å². The fourth-order valence-corrected chi connectivity index (χ4v) is 6.56. The van der Waals surface area contributed by atoms with Crippen molar-refractivity contribution in [3.05, 3.63) is 35.9 Å². The zero-order valence-corrected chi connectivity index (χ0v) is 25.3. The number of anilines is 1. The lowest BCUT2D eigenvalue weighted by molar-refractivity contribution is -0.214. The Balaban J connectivity index is 1.28. The van der Waals surface area contributed by atoms with Crippen LogP contribution in [-0.4, -0.2) is 78.1 Å². The molecule has 41 heavy (non-hydrogen) atoms. The number of carbonyl (C=O) groups is 3. The van der Waals surface area contributed by atoms with E-state index in [9.17, 15) is 19.5 Å². The van der Waals surface area contributed by atoms with Crippen LogP contribution in [0.3, 0.4) is 0 Å². The Morgan fingerprint density at radius 3 is 2.63 bits per heavy atom. The van der Waals surface area contributed by atoms with Crippen LogP contribution in [0.1, 0.15) is 59.8 Å². The molecule has 10 nitrogen and oxygen atoms in total. The van der Waals surface area contributed by atoms with Gasteiger partial charge in [0.15, 0.2) is 0 Å². The standard InChI is InChI=1S/C30H42N2O8S/c1-18(2)9-11-23-29(4,40-23)27-26(37-5)22(13-14-30(27)17-38-30)39-28(36)32-25(35)16-41-21-8-6-7-20(15-21)31-24(34)12-10-19(3)33/h6-9,15,22-23,26-28,36H,10-14,16-17H2,1-5H3,(H,31,34)(H,32,35)/t22-,23-,26-,27-,28?,29+,30+/m1/s1. The van der Waals surface area contributed by atoms with Crippen molar-refractivity contribution in [3.8, 4) is 0 Å². The van der Waals surface area contributed by atoms with Crippen molar-refractivity contribution in [1.82, 2.24) is 5.32 Å². The molecule has 1 unspecified atom stereocenters. The molecule has 1 saturated carbocycles. The third kappa shape index (κ3) is 8.18. The van der Waals surface area contributed by atoms with Gasteiger partial charge < -0.3 is 39.5 Å².